The van der Waals surface area contributed by atoms with Crippen LogP contribution in [0.1, 0.15) is 25.3 Å². The Morgan fingerprint density at radius 1 is 1.25 bits per heavy atom. The summed E-state index contributed by atoms with van der Waals surface area (Å²) in [5.74, 6) is 1.12. The average molecular weight is 275 g/mol. The predicted molar refractivity (Wildman–Crippen MR) is 79.7 cm³/mol. The van der Waals surface area contributed by atoms with Crippen molar-refractivity contribution >= 4 is 17.3 Å². The Morgan fingerprint density at radius 3 is 2.70 bits per heavy atom. The number of benzene rings is 1. The second kappa shape index (κ2) is 5.32. The van der Waals surface area contributed by atoms with Gasteiger partial charge in [0.1, 0.15) is 5.75 Å². The molecule has 1 saturated heterocycles. The van der Waals surface area contributed by atoms with E-state index < -0.39 is 0 Å². The maximum Gasteiger partial charge on any atom is 0.262 e. The summed E-state index contributed by atoms with van der Waals surface area (Å²) in [6.07, 6.45) is 0. The molecule has 1 aromatic carbocycles. The molecule has 0 unspecified atom stereocenters. The summed E-state index contributed by atoms with van der Waals surface area (Å²) in [6.45, 7) is 8.39. The number of hydrogen-bond acceptors (Lipinski definition) is 4. The van der Waals surface area contributed by atoms with Crippen LogP contribution in [0.4, 0.5) is 11.4 Å². The van der Waals surface area contributed by atoms with Crippen LogP contribution in [0.15, 0.2) is 12.1 Å². The van der Waals surface area contributed by atoms with E-state index in [4.69, 9.17) is 4.74 Å². The lowest BCUT2D eigenvalue weighted by molar-refractivity contribution is -0.118. The van der Waals surface area contributed by atoms with Crippen molar-refractivity contribution in [1.82, 2.24) is 5.32 Å². The van der Waals surface area contributed by atoms with Crippen LogP contribution >= 0.6 is 0 Å². The van der Waals surface area contributed by atoms with Gasteiger partial charge in [0, 0.05) is 37.4 Å². The molecule has 3 rings (SSSR count). The molecule has 108 valence electrons. The molecule has 2 aliphatic heterocycles. The topological polar surface area (TPSA) is 53.6 Å². The summed E-state index contributed by atoms with van der Waals surface area (Å²) in [5, 5.41) is 6.28. The number of hydrogen-bond donors (Lipinski definition) is 2. The molecule has 0 bridgehead atoms. The average Bonchev–Trinajstić information content (AvgIpc) is 2.46. The van der Waals surface area contributed by atoms with Gasteiger partial charge in [0.2, 0.25) is 0 Å². The molecular formula is C15H21N3O2. The Hall–Kier alpha value is -1.75. The number of carbonyl (C=O) groups excluding carboxylic acids is 1. The number of rotatable bonds is 2. The first kappa shape index (κ1) is 13.2. The van der Waals surface area contributed by atoms with Gasteiger partial charge >= 0.3 is 0 Å². The van der Waals surface area contributed by atoms with Crippen molar-refractivity contribution in [3.63, 3.8) is 0 Å². The number of carbonyl (C=O) groups is 1. The molecule has 0 aliphatic carbocycles. The molecule has 5 heteroatoms. The predicted octanol–water partition coefficient (Wildman–Crippen LogP) is 1.55. The maximum absolute atomic E-state index is 11.5. The number of anilines is 2. The summed E-state index contributed by atoms with van der Waals surface area (Å²) in [4.78, 5) is 13.9. The van der Waals surface area contributed by atoms with Crippen LogP contribution in [0.2, 0.25) is 0 Å². The summed E-state index contributed by atoms with van der Waals surface area (Å²) in [5.41, 5.74) is 3.14. The van der Waals surface area contributed by atoms with Crippen LogP contribution in [-0.2, 0) is 4.79 Å². The number of piperazine rings is 1. The van der Waals surface area contributed by atoms with Crippen LogP contribution in [0.5, 0.6) is 5.75 Å². The molecule has 1 amide bonds. The van der Waals surface area contributed by atoms with Crippen molar-refractivity contribution in [3.8, 4) is 5.75 Å². The molecule has 1 fully saturated rings. The lowest BCUT2D eigenvalue weighted by Crippen LogP contribution is -2.43. The van der Waals surface area contributed by atoms with Crippen molar-refractivity contribution in [3.05, 3.63) is 17.7 Å². The van der Waals surface area contributed by atoms with E-state index in [0.717, 1.165) is 43.2 Å². The zero-order valence-corrected chi connectivity index (χ0v) is 12.0. The van der Waals surface area contributed by atoms with Gasteiger partial charge < -0.3 is 20.3 Å². The van der Waals surface area contributed by atoms with E-state index in [-0.39, 0.29) is 12.5 Å². The fraction of sp³-hybridized carbons (Fsp3) is 0.533. The van der Waals surface area contributed by atoms with E-state index in [1.165, 1.54) is 5.69 Å². The third-order valence-electron chi connectivity index (χ3n) is 3.83. The number of amides is 1. The van der Waals surface area contributed by atoms with Gasteiger partial charge in [0.15, 0.2) is 6.61 Å². The quantitative estimate of drug-likeness (QED) is 0.860. The highest BCUT2D eigenvalue weighted by Gasteiger charge is 2.23. The van der Waals surface area contributed by atoms with Gasteiger partial charge in [-0.05, 0) is 18.1 Å². The summed E-state index contributed by atoms with van der Waals surface area (Å²) in [7, 11) is 0. The molecule has 2 heterocycles. The molecule has 5 nitrogen and oxygen atoms in total. The van der Waals surface area contributed by atoms with Crippen LogP contribution in [0.25, 0.3) is 0 Å². The minimum atomic E-state index is -0.0790. The monoisotopic (exact) mass is 275 g/mol. The van der Waals surface area contributed by atoms with Gasteiger partial charge in [-0.25, -0.2) is 0 Å². The third-order valence-corrected chi connectivity index (χ3v) is 3.83. The van der Waals surface area contributed by atoms with Gasteiger partial charge in [0.05, 0.1) is 5.69 Å². The van der Waals surface area contributed by atoms with Crippen LogP contribution in [0.3, 0.4) is 0 Å². The Bertz CT molecular complexity index is 522. The van der Waals surface area contributed by atoms with Crippen molar-refractivity contribution in [1.29, 1.82) is 0 Å². The molecule has 0 spiro atoms. The zero-order valence-electron chi connectivity index (χ0n) is 12.0. The summed E-state index contributed by atoms with van der Waals surface area (Å²) in [6, 6.07) is 4.23. The van der Waals surface area contributed by atoms with E-state index in [9.17, 15) is 4.79 Å². The molecule has 20 heavy (non-hydrogen) atoms. The van der Waals surface area contributed by atoms with E-state index in [1.807, 2.05) is 6.07 Å². The van der Waals surface area contributed by atoms with Gasteiger partial charge in [-0.15, -0.1) is 0 Å². The molecule has 0 radical (unpaired) electrons. The first-order valence-electron chi connectivity index (χ1n) is 7.21. The van der Waals surface area contributed by atoms with Crippen LogP contribution < -0.4 is 20.3 Å². The second-order valence-corrected chi connectivity index (χ2v) is 5.64. The van der Waals surface area contributed by atoms with Gasteiger partial charge in [-0.2, -0.15) is 0 Å². The smallest absolute Gasteiger partial charge is 0.262 e. The van der Waals surface area contributed by atoms with Crippen molar-refractivity contribution < 1.29 is 9.53 Å². The zero-order chi connectivity index (χ0) is 14.1. The fourth-order valence-corrected chi connectivity index (χ4v) is 2.75. The number of fused-ring (bicyclic) bond motifs is 1. The second-order valence-electron chi connectivity index (χ2n) is 5.64. The molecular weight excluding hydrogens is 254 g/mol. The molecule has 2 aliphatic rings. The Morgan fingerprint density at radius 2 is 2.00 bits per heavy atom. The van der Waals surface area contributed by atoms with E-state index in [2.05, 4.69) is 35.4 Å². The summed E-state index contributed by atoms with van der Waals surface area (Å²) < 4.78 is 5.63. The highest BCUT2D eigenvalue weighted by molar-refractivity contribution is 5.96. The van der Waals surface area contributed by atoms with E-state index in [0.29, 0.717) is 5.92 Å². The molecule has 2 N–H and O–H groups in total. The van der Waals surface area contributed by atoms with E-state index in [1.54, 1.807) is 0 Å². The Balaban J connectivity index is 2.01. The van der Waals surface area contributed by atoms with E-state index >= 15 is 0 Å². The van der Waals surface area contributed by atoms with Crippen molar-refractivity contribution in [2.24, 2.45) is 0 Å². The number of nitrogens with zero attached hydrogens (tertiary/aromatic N) is 1. The molecule has 0 saturated carbocycles. The number of ether oxygens (including phenoxy) is 1. The van der Waals surface area contributed by atoms with Crippen molar-refractivity contribution in [2.75, 3.05) is 43.0 Å². The maximum atomic E-state index is 11.5. The lowest BCUT2D eigenvalue weighted by Gasteiger charge is -2.32. The standard InChI is InChI=1S/C15H21N3O2/c1-10(2)12-7-11(18-5-3-16-4-6-18)8-13-15(12)20-9-14(19)17-13/h7-8,10,16H,3-6,9H2,1-2H3,(H,17,19). The minimum absolute atomic E-state index is 0.0790. The highest BCUT2D eigenvalue weighted by atomic mass is 16.5. The summed E-state index contributed by atoms with van der Waals surface area (Å²) >= 11 is 0. The molecule has 0 aromatic heterocycles. The normalized spacial score (nSPS) is 18.6. The fourth-order valence-electron chi connectivity index (χ4n) is 2.75. The van der Waals surface area contributed by atoms with Gasteiger partial charge in [0.25, 0.3) is 5.91 Å². The van der Waals surface area contributed by atoms with Gasteiger partial charge in [-0.1, -0.05) is 13.8 Å². The first-order valence-corrected chi connectivity index (χ1v) is 7.21. The Kier molecular flexibility index (Phi) is 3.53. The number of nitrogens with one attached hydrogen (secondary N) is 2. The SMILES string of the molecule is CC(C)c1cc(N2CCNCC2)cc2c1OCC(=O)N2. The third kappa shape index (κ3) is 2.45. The minimum Gasteiger partial charge on any atom is -0.481 e. The first-order chi connectivity index (χ1) is 9.65. The highest BCUT2D eigenvalue weighted by Crippen LogP contribution is 2.39. The van der Waals surface area contributed by atoms with Crippen molar-refractivity contribution in [2.45, 2.75) is 19.8 Å². The largest absolute Gasteiger partial charge is 0.481 e. The van der Waals surface area contributed by atoms with Gasteiger partial charge in [-0.3, -0.25) is 4.79 Å². The molecule has 1 aromatic rings. The van der Waals surface area contributed by atoms with Crippen LogP contribution in [0, 0.1) is 0 Å². The van der Waals surface area contributed by atoms with Crippen LogP contribution in [-0.4, -0.2) is 38.7 Å². The lowest BCUT2D eigenvalue weighted by atomic mass is 9.99. The molecule has 0 atom stereocenters. The Labute approximate surface area is 119 Å².